The molecule has 0 atom stereocenters. The first-order valence-electron chi connectivity index (χ1n) is 10.1. The van der Waals surface area contributed by atoms with Crippen LogP contribution in [0.5, 0.6) is 11.5 Å². The van der Waals surface area contributed by atoms with Gasteiger partial charge >= 0.3 is 0 Å². The Morgan fingerprint density at radius 2 is 1.64 bits per heavy atom. The van der Waals surface area contributed by atoms with Crippen molar-refractivity contribution in [3.05, 3.63) is 54.6 Å². The molecule has 0 unspecified atom stereocenters. The highest BCUT2D eigenvalue weighted by Gasteiger charge is 2.19. The van der Waals surface area contributed by atoms with E-state index in [1.807, 2.05) is 61.6 Å². The average molecular weight is 383 g/mol. The number of para-hydroxylation sites is 1. The van der Waals surface area contributed by atoms with E-state index in [9.17, 15) is 4.79 Å². The van der Waals surface area contributed by atoms with Crippen LogP contribution in [0.2, 0.25) is 0 Å². The van der Waals surface area contributed by atoms with Gasteiger partial charge in [0.15, 0.2) is 0 Å². The number of anilines is 1. The summed E-state index contributed by atoms with van der Waals surface area (Å²) in [5.41, 5.74) is 0.753. The summed E-state index contributed by atoms with van der Waals surface area (Å²) in [6.07, 6.45) is 6.24. The Balaban J connectivity index is 1.41. The van der Waals surface area contributed by atoms with Crippen LogP contribution in [0.1, 0.15) is 32.1 Å². The van der Waals surface area contributed by atoms with Crippen molar-refractivity contribution in [2.75, 3.05) is 32.1 Å². The molecule has 28 heavy (non-hydrogen) atoms. The van der Waals surface area contributed by atoms with Crippen LogP contribution in [0.15, 0.2) is 54.6 Å². The number of carbonyl (C=O) groups is 1. The van der Waals surface area contributed by atoms with Gasteiger partial charge in [0.25, 0.3) is 0 Å². The topological polar surface area (TPSA) is 50.8 Å². The van der Waals surface area contributed by atoms with Crippen LogP contribution >= 0.6 is 0 Å². The maximum atomic E-state index is 12.4. The summed E-state index contributed by atoms with van der Waals surface area (Å²) in [7, 11) is 2.04. The van der Waals surface area contributed by atoms with Gasteiger partial charge in [-0.2, -0.15) is 0 Å². The van der Waals surface area contributed by atoms with Crippen molar-refractivity contribution in [2.45, 2.75) is 38.1 Å². The van der Waals surface area contributed by atoms with Gasteiger partial charge in [0.2, 0.25) is 5.91 Å². The molecule has 1 aliphatic rings. The Labute approximate surface area is 167 Å². The van der Waals surface area contributed by atoms with Gasteiger partial charge in [0.1, 0.15) is 24.7 Å². The van der Waals surface area contributed by atoms with E-state index in [1.54, 1.807) is 0 Å². The third-order valence-corrected chi connectivity index (χ3v) is 5.07. The number of likely N-dealkylation sites (N-methyl/N-ethyl adjacent to an activating group) is 1. The summed E-state index contributed by atoms with van der Waals surface area (Å²) in [4.78, 5) is 14.6. The van der Waals surface area contributed by atoms with E-state index in [0.717, 1.165) is 17.2 Å². The summed E-state index contributed by atoms with van der Waals surface area (Å²) < 4.78 is 11.4. The molecule has 3 rings (SSSR count). The first kappa shape index (κ1) is 20.2. The molecule has 0 saturated heterocycles. The Hall–Kier alpha value is -2.53. The normalized spacial score (nSPS) is 14.6. The molecule has 0 heterocycles. The second-order valence-corrected chi connectivity index (χ2v) is 7.29. The van der Waals surface area contributed by atoms with Gasteiger partial charge in [-0.1, -0.05) is 43.5 Å². The number of amides is 1. The Morgan fingerprint density at radius 1 is 0.964 bits per heavy atom. The predicted octanol–water partition coefficient (Wildman–Crippen LogP) is 4.35. The number of hydrogen-bond acceptors (Lipinski definition) is 4. The molecule has 150 valence electrons. The zero-order valence-corrected chi connectivity index (χ0v) is 16.6. The fourth-order valence-corrected chi connectivity index (χ4v) is 3.58. The van der Waals surface area contributed by atoms with Gasteiger partial charge in [-0.15, -0.1) is 0 Å². The first-order chi connectivity index (χ1) is 13.7. The third-order valence-electron chi connectivity index (χ3n) is 5.07. The Bertz CT molecular complexity index is 730. The number of rotatable bonds is 9. The molecule has 2 aromatic carbocycles. The second-order valence-electron chi connectivity index (χ2n) is 7.29. The summed E-state index contributed by atoms with van der Waals surface area (Å²) >= 11 is 0. The number of nitrogens with one attached hydrogen (secondary N) is 1. The minimum atomic E-state index is 0.0117. The van der Waals surface area contributed by atoms with Gasteiger partial charge in [-0.25, -0.2) is 0 Å². The van der Waals surface area contributed by atoms with Crippen molar-refractivity contribution in [2.24, 2.45) is 0 Å². The standard InChI is InChI=1S/C23H30N2O3/c1-25(20-10-4-2-5-11-20)18-23(26)24-19-9-8-14-22(17-19)28-16-15-27-21-12-6-3-7-13-21/h3,6-9,12-14,17,20H,2,4-5,10-11,15-16,18H2,1H3,(H,24,26). The molecule has 5 heteroatoms. The van der Waals surface area contributed by atoms with Gasteiger partial charge in [-0.3, -0.25) is 9.69 Å². The second kappa shape index (κ2) is 10.7. The third kappa shape index (κ3) is 6.57. The zero-order valence-electron chi connectivity index (χ0n) is 16.6. The summed E-state index contributed by atoms with van der Waals surface area (Å²) in [6, 6.07) is 17.7. The smallest absolute Gasteiger partial charge is 0.238 e. The van der Waals surface area contributed by atoms with Crippen LogP contribution in [0.25, 0.3) is 0 Å². The van der Waals surface area contributed by atoms with Crippen LogP contribution in [0, 0.1) is 0 Å². The molecule has 1 aliphatic carbocycles. The van der Waals surface area contributed by atoms with Crippen molar-refractivity contribution in [3.8, 4) is 11.5 Å². The number of carbonyl (C=O) groups excluding carboxylic acids is 1. The quantitative estimate of drug-likeness (QED) is 0.655. The molecule has 1 N–H and O–H groups in total. The Kier molecular flexibility index (Phi) is 7.73. The molecule has 0 aliphatic heterocycles. The molecule has 1 saturated carbocycles. The molecule has 0 aromatic heterocycles. The summed E-state index contributed by atoms with van der Waals surface area (Å²) in [6.45, 7) is 1.32. The van der Waals surface area contributed by atoms with Crippen LogP contribution in [0.4, 0.5) is 5.69 Å². The molecular formula is C23H30N2O3. The molecular weight excluding hydrogens is 352 g/mol. The highest BCUT2D eigenvalue weighted by atomic mass is 16.5. The van der Waals surface area contributed by atoms with E-state index < -0.39 is 0 Å². The average Bonchev–Trinajstić information content (AvgIpc) is 2.73. The summed E-state index contributed by atoms with van der Waals surface area (Å²) in [5, 5.41) is 2.98. The molecule has 0 spiro atoms. The van der Waals surface area contributed by atoms with E-state index in [1.165, 1.54) is 32.1 Å². The van der Waals surface area contributed by atoms with E-state index in [-0.39, 0.29) is 5.91 Å². The maximum absolute atomic E-state index is 12.4. The fraction of sp³-hybridized carbons (Fsp3) is 0.435. The van der Waals surface area contributed by atoms with Crippen molar-refractivity contribution in [1.29, 1.82) is 0 Å². The molecule has 1 fully saturated rings. The van der Waals surface area contributed by atoms with Gasteiger partial charge in [0, 0.05) is 17.8 Å². The molecule has 0 radical (unpaired) electrons. The van der Waals surface area contributed by atoms with E-state index in [0.29, 0.717) is 25.8 Å². The number of nitrogens with zero attached hydrogens (tertiary/aromatic N) is 1. The van der Waals surface area contributed by atoms with E-state index in [4.69, 9.17) is 9.47 Å². The lowest BCUT2D eigenvalue weighted by Gasteiger charge is -2.30. The van der Waals surface area contributed by atoms with E-state index >= 15 is 0 Å². The minimum absolute atomic E-state index is 0.0117. The molecule has 0 bridgehead atoms. The van der Waals surface area contributed by atoms with Gasteiger partial charge < -0.3 is 14.8 Å². The highest BCUT2D eigenvalue weighted by Crippen LogP contribution is 2.22. The lowest BCUT2D eigenvalue weighted by Crippen LogP contribution is -2.39. The van der Waals surface area contributed by atoms with Crippen LogP contribution in [0.3, 0.4) is 0 Å². The van der Waals surface area contributed by atoms with Gasteiger partial charge in [-0.05, 0) is 44.2 Å². The molecule has 1 amide bonds. The zero-order chi connectivity index (χ0) is 19.6. The first-order valence-corrected chi connectivity index (χ1v) is 10.1. The predicted molar refractivity (Wildman–Crippen MR) is 112 cm³/mol. The van der Waals surface area contributed by atoms with Crippen molar-refractivity contribution in [3.63, 3.8) is 0 Å². The van der Waals surface area contributed by atoms with Crippen LogP contribution in [-0.4, -0.2) is 43.7 Å². The molecule has 2 aromatic rings. The van der Waals surface area contributed by atoms with Crippen LogP contribution < -0.4 is 14.8 Å². The summed E-state index contributed by atoms with van der Waals surface area (Å²) in [5.74, 6) is 1.56. The monoisotopic (exact) mass is 382 g/mol. The minimum Gasteiger partial charge on any atom is -0.490 e. The molecule has 5 nitrogen and oxygen atoms in total. The largest absolute Gasteiger partial charge is 0.490 e. The van der Waals surface area contributed by atoms with Gasteiger partial charge in [0.05, 0.1) is 6.54 Å². The van der Waals surface area contributed by atoms with Crippen molar-refractivity contribution in [1.82, 2.24) is 4.90 Å². The van der Waals surface area contributed by atoms with Crippen LogP contribution in [-0.2, 0) is 4.79 Å². The lowest BCUT2D eigenvalue weighted by atomic mass is 9.94. The highest BCUT2D eigenvalue weighted by molar-refractivity contribution is 5.92. The number of benzene rings is 2. The fourth-order valence-electron chi connectivity index (χ4n) is 3.58. The lowest BCUT2D eigenvalue weighted by molar-refractivity contribution is -0.117. The Morgan fingerprint density at radius 3 is 2.39 bits per heavy atom. The SMILES string of the molecule is CN(CC(=O)Nc1cccc(OCCOc2ccccc2)c1)C1CCCCC1. The number of ether oxygens (including phenoxy) is 2. The van der Waals surface area contributed by atoms with Crippen molar-refractivity contribution < 1.29 is 14.3 Å². The number of hydrogen-bond donors (Lipinski definition) is 1. The van der Waals surface area contributed by atoms with E-state index in [2.05, 4.69) is 10.2 Å². The maximum Gasteiger partial charge on any atom is 0.238 e. The van der Waals surface area contributed by atoms with Crippen molar-refractivity contribution >= 4 is 11.6 Å².